The standard InChI is InChI=1S/C9H9N3O/c1-6-4-7-5-8(11-12-10)2-3-9(7)13-6/h2-3,5-6H,4H2,1H3. The molecular weight excluding hydrogens is 166 g/mol. The van der Waals surface area contributed by atoms with Crippen LogP contribution in [0.4, 0.5) is 5.69 Å². The number of nitrogens with zero attached hydrogens (tertiary/aromatic N) is 3. The molecule has 0 saturated carbocycles. The molecule has 4 heteroatoms. The highest BCUT2D eigenvalue weighted by atomic mass is 16.5. The van der Waals surface area contributed by atoms with E-state index in [4.69, 9.17) is 10.3 Å². The maximum absolute atomic E-state index is 8.25. The Bertz CT molecular complexity index is 382. The first-order valence-corrected chi connectivity index (χ1v) is 4.14. The lowest BCUT2D eigenvalue weighted by Crippen LogP contribution is -2.05. The molecule has 1 heterocycles. The van der Waals surface area contributed by atoms with Crippen LogP contribution in [0.3, 0.4) is 0 Å². The molecule has 0 fully saturated rings. The molecule has 0 radical (unpaired) electrons. The molecule has 1 aliphatic rings. The molecule has 1 aliphatic heterocycles. The van der Waals surface area contributed by atoms with E-state index in [9.17, 15) is 0 Å². The Labute approximate surface area is 75.8 Å². The fraction of sp³-hybridized carbons (Fsp3) is 0.333. The van der Waals surface area contributed by atoms with Crippen molar-refractivity contribution in [3.8, 4) is 5.75 Å². The van der Waals surface area contributed by atoms with Crippen molar-refractivity contribution in [2.75, 3.05) is 0 Å². The van der Waals surface area contributed by atoms with E-state index in [2.05, 4.69) is 10.0 Å². The highest BCUT2D eigenvalue weighted by Crippen LogP contribution is 2.31. The van der Waals surface area contributed by atoms with Crippen LogP contribution in [0.2, 0.25) is 0 Å². The summed E-state index contributed by atoms with van der Waals surface area (Å²) in [5.41, 5.74) is 10.0. The minimum Gasteiger partial charge on any atom is -0.490 e. The van der Waals surface area contributed by atoms with Gasteiger partial charge in [-0.15, -0.1) is 0 Å². The van der Waals surface area contributed by atoms with Crippen molar-refractivity contribution in [1.82, 2.24) is 0 Å². The fourth-order valence-electron chi connectivity index (χ4n) is 1.52. The Hall–Kier alpha value is -1.67. The van der Waals surface area contributed by atoms with Crippen LogP contribution in [-0.4, -0.2) is 6.10 Å². The van der Waals surface area contributed by atoms with Gasteiger partial charge in [-0.05, 0) is 36.2 Å². The average molecular weight is 175 g/mol. The summed E-state index contributed by atoms with van der Waals surface area (Å²) in [6.45, 7) is 2.02. The van der Waals surface area contributed by atoms with Crippen molar-refractivity contribution in [2.45, 2.75) is 19.4 Å². The predicted octanol–water partition coefficient (Wildman–Crippen LogP) is 2.95. The van der Waals surface area contributed by atoms with Crippen LogP contribution in [0, 0.1) is 0 Å². The van der Waals surface area contributed by atoms with Gasteiger partial charge in [0.2, 0.25) is 0 Å². The van der Waals surface area contributed by atoms with E-state index < -0.39 is 0 Å². The first-order valence-electron chi connectivity index (χ1n) is 4.14. The summed E-state index contributed by atoms with van der Waals surface area (Å²) in [6, 6.07) is 5.48. The van der Waals surface area contributed by atoms with Crippen molar-refractivity contribution in [3.05, 3.63) is 34.2 Å². The van der Waals surface area contributed by atoms with Gasteiger partial charge in [0.25, 0.3) is 0 Å². The number of azide groups is 1. The second-order valence-corrected chi connectivity index (χ2v) is 3.11. The van der Waals surface area contributed by atoms with Gasteiger partial charge in [-0.2, -0.15) is 0 Å². The zero-order chi connectivity index (χ0) is 9.26. The molecule has 1 aromatic carbocycles. The van der Waals surface area contributed by atoms with Crippen LogP contribution in [-0.2, 0) is 6.42 Å². The van der Waals surface area contributed by atoms with E-state index in [1.54, 1.807) is 6.07 Å². The van der Waals surface area contributed by atoms with Crippen molar-refractivity contribution >= 4 is 5.69 Å². The number of benzene rings is 1. The largest absolute Gasteiger partial charge is 0.490 e. The van der Waals surface area contributed by atoms with E-state index >= 15 is 0 Å². The molecule has 1 aromatic rings. The minimum absolute atomic E-state index is 0.233. The third kappa shape index (κ3) is 1.44. The summed E-state index contributed by atoms with van der Waals surface area (Å²) in [6.07, 6.45) is 1.13. The number of hydrogen-bond acceptors (Lipinski definition) is 2. The number of ether oxygens (including phenoxy) is 1. The Morgan fingerprint density at radius 1 is 1.62 bits per heavy atom. The normalized spacial score (nSPS) is 18.7. The molecule has 4 nitrogen and oxygen atoms in total. The zero-order valence-corrected chi connectivity index (χ0v) is 7.27. The Kier molecular flexibility index (Phi) is 1.83. The lowest BCUT2D eigenvalue weighted by molar-refractivity contribution is 0.254. The lowest BCUT2D eigenvalue weighted by atomic mass is 10.1. The minimum atomic E-state index is 0.233. The summed E-state index contributed by atoms with van der Waals surface area (Å²) in [5.74, 6) is 0.907. The average Bonchev–Trinajstić information content (AvgIpc) is 2.44. The third-order valence-corrected chi connectivity index (χ3v) is 2.04. The summed E-state index contributed by atoms with van der Waals surface area (Å²) < 4.78 is 5.51. The van der Waals surface area contributed by atoms with E-state index in [-0.39, 0.29) is 6.10 Å². The van der Waals surface area contributed by atoms with E-state index in [1.807, 2.05) is 19.1 Å². The molecule has 1 unspecified atom stereocenters. The van der Waals surface area contributed by atoms with Gasteiger partial charge in [0.1, 0.15) is 11.9 Å². The molecule has 0 aliphatic carbocycles. The summed E-state index contributed by atoms with van der Waals surface area (Å²) >= 11 is 0. The van der Waals surface area contributed by atoms with Gasteiger partial charge in [-0.1, -0.05) is 5.11 Å². The Morgan fingerprint density at radius 3 is 3.23 bits per heavy atom. The summed E-state index contributed by atoms with van der Waals surface area (Å²) in [5, 5.41) is 3.53. The van der Waals surface area contributed by atoms with Crippen molar-refractivity contribution in [1.29, 1.82) is 0 Å². The SMILES string of the molecule is CC1Cc2cc(N=[N+]=[N-])ccc2O1. The molecule has 13 heavy (non-hydrogen) atoms. The zero-order valence-electron chi connectivity index (χ0n) is 7.27. The van der Waals surface area contributed by atoms with Crippen molar-refractivity contribution in [2.24, 2.45) is 5.11 Å². The van der Waals surface area contributed by atoms with Crippen LogP contribution in [0.5, 0.6) is 5.75 Å². The molecular formula is C9H9N3O. The maximum Gasteiger partial charge on any atom is 0.123 e. The van der Waals surface area contributed by atoms with Gasteiger partial charge in [0.15, 0.2) is 0 Å². The summed E-state index contributed by atoms with van der Waals surface area (Å²) in [4.78, 5) is 2.73. The van der Waals surface area contributed by atoms with Gasteiger partial charge >= 0.3 is 0 Å². The van der Waals surface area contributed by atoms with E-state index in [0.29, 0.717) is 5.69 Å². The van der Waals surface area contributed by atoms with Crippen molar-refractivity contribution in [3.63, 3.8) is 0 Å². The van der Waals surface area contributed by atoms with Crippen LogP contribution >= 0.6 is 0 Å². The molecule has 0 amide bonds. The highest BCUT2D eigenvalue weighted by Gasteiger charge is 2.18. The van der Waals surface area contributed by atoms with Crippen molar-refractivity contribution < 1.29 is 4.74 Å². The molecule has 66 valence electrons. The van der Waals surface area contributed by atoms with Crippen LogP contribution in [0.15, 0.2) is 23.3 Å². The Morgan fingerprint density at radius 2 is 2.46 bits per heavy atom. The molecule has 0 N–H and O–H groups in total. The molecule has 2 rings (SSSR count). The maximum atomic E-state index is 8.25. The topological polar surface area (TPSA) is 58.0 Å². The summed E-state index contributed by atoms with van der Waals surface area (Å²) in [7, 11) is 0. The quantitative estimate of drug-likeness (QED) is 0.367. The number of hydrogen-bond donors (Lipinski definition) is 0. The lowest BCUT2D eigenvalue weighted by Gasteiger charge is -2.01. The predicted molar refractivity (Wildman–Crippen MR) is 49.0 cm³/mol. The van der Waals surface area contributed by atoms with Gasteiger partial charge < -0.3 is 4.74 Å². The Balaban J connectivity index is 2.39. The number of rotatable bonds is 1. The third-order valence-electron chi connectivity index (χ3n) is 2.04. The molecule has 0 saturated heterocycles. The fourth-order valence-corrected chi connectivity index (χ4v) is 1.52. The van der Waals surface area contributed by atoms with Crippen LogP contribution in [0.25, 0.3) is 10.4 Å². The highest BCUT2D eigenvalue weighted by molar-refractivity contribution is 5.49. The smallest absolute Gasteiger partial charge is 0.123 e. The van der Waals surface area contributed by atoms with Gasteiger partial charge in [-0.25, -0.2) is 0 Å². The molecule has 0 bridgehead atoms. The molecule has 0 spiro atoms. The second kappa shape index (κ2) is 2.99. The second-order valence-electron chi connectivity index (χ2n) is 3.11. The van der Waals surface area contributed by atoms with Gasteiger partial charge in [-0.3, -0.25) is 0 Å². The first kappa shape index (κ1) is 7.95. The van der Waals surface area contributed by atoms with E-state index in [0.717, 1.165) is 17.7 Å². The first-order chi connectivity index (χ1) is 6.29. The number of fused-ring (bicyclic) bond motifs is 1. The van der Waals surface area contributed by atoms with Gasteiger partial charge in [0.05, 0.1) is 0 Å². The van der Waals surface area contributed by atoms with Crippen LogP contribution < -0.4 is 4.74 Å². The molecule has 0 aromatic heterocycles. The van der Waals surface area contributed by atoms with Gasteiger partial charge in [0, 0.05) is 17.0 Å². The van der Waals surface area contributed by atoms with Crippen LogP contribution in [0.1, 0.15) is 12.5 Å². The molecule has 1 atom stereocenters. The monoisotopic (exact) mass is 175 g/mol. The van der Waals surface area contributed by atoms with E-state index in [1.165, 1.54) is 0 Å².